The van der Waals surface area contributed by atoms with E-state index in [-0.39, 0.29) is 0 Å². The van der Waals surface area contributed by atoms with Crippen molar-refractivity contribution >= 4 is 11.0 Å². The number of fused-ring (bicyclic) bond motifs is 1. The summed E-state index contributed by atoms with van der Waals surface area (Å²) in [4.78, 5) is 8.32. The summed E-state index contributed by atoms with van der Waals surface area (Å²) < 4.78 is 0. The van der Waals surface area contributed by atoms with E-state index in [2.05, 4.69) is 44.8 Å². The fourth-order valence-corrected chi connectivity index (χ4v) is 2.60. The van der Waals surface area contributed by atoms with Gasteiger partial charge in [0, 0.05) is 5.92 Å². The van der Waals surface area contributed by atoms with Gasteiger partial charge in [0.2, 0.25) is 0 Å². The van der Waals surface area contributed by atoms with Crippen molar-refractivity contribution in [2.45, 2.75) is 59.3 Å². The van der Waals surface area contributed by atoms with E-state index in [0.29, 0.717) is 5.92 Å². The molecule has 1 N–H and O–H groups in total. The van der Waals surface area contributed by atoms with Crippen LogP contribution in [0.3, 0.4) is 0 Å². The number of rotatable bonds is 5. The summed E-state index contributed by atoms with van der Waals surface area (Å²) in [5.74, 6) is 1.77. The molecule has 0 amide bonds. The second kappa shape index (κ2) is 5.55. The molecule has 0 atom stereocenters. The van der Waals surface area contributed by atoms with Crippen LogP contribution in [-0.4, -0.2) is 9.97 Å². The molecule has 98 valence electrons. The molecule has 0 saturated carbocycles. The van der Waals surface area contributed by atoms with E-state index < -0.39 is 0 Å². The fourth-order valence-electron chi connectivity index (χ4n) is 2.60. The third-order valence-electron chi connectivity index (χ3n) is 3.78. The summed E-state index contributed by atoms with van der Waals surface area (Å²) in [6.45, 7) is 8.81. The topological polar surface area (TPSA) is 28.7 Å². The van der Waals surface area contributed by atoms with Gasteiger partial charge in [0.15, 0.2) is 0 Å². The van der Waals surface area contributed by atoms with Crippen LogP contribution in [0.25, 0.3) is 11.0 Å². The van der Waals surface area contributed by atoms with Crippen LogP contribution in [0.15, 0.2) is 12.1 Å². The molecule has 0 aliphatic carbocycles. The molecule has 0 spiro atoms. The summed E-state index contributed by atoms with van der Waals surface area (Å²) in [7, 11) is 0. The van der Waals surface area contributed by atoms with Crippen molar-refractivity contribution in [1.29, 1.82) is 0 Å². The van der Waals surface area contributed by atoms with E-state index in [9.17, 15) is 0 Å². The molecule has 2 rings (SSSR count). The van der Waals surface area contributed by atoms with Crippen molar-refractivity contribution in [2.75, 3.05) is 0 Å². The normalized spacial score (nSPS) is 11.6. The first-order valence-electron chi connectivity index (χ1n) is 7.12. The van der Waals surface area contributed by atoms with Gasteiger partial charge in [0.1, 0.15) is 5.82 Å². The van der Waals surface area contributed by atoms with E-state index in [4.69, 9.17) is 4.98 Å². The van der Waals surface area contributed by atoms with Crippen LogP contribution in [0.4, 0.5) is 0 Å². The second-order valence-corrected chi connectivity index (χ2v) is 5.35. The Morgan fingerprint density at radius 3 is 2.28 bits per heavy atom. The highest BCUT2D eigenvalue weighted by atomic mass is 14.9. The maximum Gasteiger partial charge on any atom is 0.110 e. The lowest BCUT2D eigenvalue weighted by Gasteiger charge is -2.11. The van der Waals surface area contributed by atoms with Gasteiger partial charge in [0.25, 0.3) is 0 Å². The highest BCUT2D eigenvalue weighted by Gasteiger charge is 2.14. The van der Waals surface area contributed by atoms with Gasteiger partial charge in [-0.15, -0.1) is 0 Å². The Labute approximate surface area is 110 Å². The number of hydrogen-bond acceptors (Lipinski definition) is 1. The third kappa shape index (κ3) is 2.58. The lowest BCUT2D eigenvalue weighted by atomic mass is 9.98. The van der Waals surface area contributed by atoms with Gasteiger partial charge in [0.05, 0.1) is 11.0 Å². The third-order valence-corrected chi connectivity index (χ3v) is 3.78. The molecule has 0 unspecified atom stereocenters. The molecule has 2 aromatic rings. The number of aryl methyl sites for hydroxylation is 2. The minimum atomic E-state index is 0.591. The number of imidazole rings is 1. The number of benzene rings is 1. The molecule has 0 radical (unpaired) electrons. The Hall–Kier alpha value is -1.31. The maximum absolute atomic E-state index is 4.80. The summed E-state index contributed by atoms with van der Waals surface area (Å²) in [5, 5.41) is 0. The number of hydrogen-bond donors (Lipinski definition) is 1. The average molecular weight is 244 g/mol. The van der Waals surface area contributed by atoms with Crippen LogP contribution in [-0.2, 0) is 0 Å². The first-order chi connectivity index (χ1) is 8.65. The predicted octanol–water partition coefficient (Wildman–Crippen LogP) is 4.86. The molecule has 2 heteroatoms. The van der Waals surface area contributed by atoms with Crippen molar-refractivity contribution in [2.24, 2.45) is 0 Å². The molecule has 18 heavy (non-hydrogen) atoms. The molecule has 1 aromatic carbocycles. The summed E-state index contributed by atoms with van der Waals surface area (Å²) in [5.41, 5.74) is 4.96. The van der Waals surface area contributed by atoms with Crippen molar-refractivity contribution in [3.63, 3.8) is 0 Å². The van der Waals surface area contributed by atoms with Crippen LogP contribution >= 0.6 is 0 Å². The Bertz CT molecular complexity index is 480. The molecule has 0 saturated heterocycles. The lowest BCUT2D eigenvalue weighted by molar-refractivity contribution is 0.539. The summed E-state index contributed by atoms with van der Waals surface area (Å²) in [6, 6.07) is 4.41. The molecular weight excluding hydrogens is 220 g/mol. The van der Waals surface area contributed by atoms with Gasteiger partial charge in [-0.3, -0.25) is 0 Å². The van der Waals surface area contributed by atoms with Crippen LogP contribution < -0.4 is 0 Å². The predicted molar refractivity (Wildman–Crippen MR) is 78.1 cm³/mol. The van der Waals surface area contributed by atoms with E-state index in [1.807, 2.05) is 0 Å². The minimum absolute atomic E-state index is 0.591. The monoisotopic (exact) mass is 244 g/mol. The van der Waals surface area contributed by atoms with Crippen molar-refractivity contribution < 1.29 is 0 Å². The molecule has 1 aromatic heterocycles. The number of aromatic amines is 1. The van der Waals surface area contributed by atoms with E-state index in [0.717, 1.165) is 5.52 Å². The first-order valence-corrected chi connectivity index (χ1v) is 7.12. The van der Waals surface area contributed by atoms with Gasteiger partial charge in [-0.25, -0.2) is 4.98 Å². The highest BCUT2D eigenvalue weighted by molar-refractivity contribution is 5.77. The highest BCUT2D eigenvalue weighted by Crippen LogP contribution is 2.27. The maximum atomic E-state index is 4.80. The molecule has 0 fully saturated rings. The van der Waals surface area contributed by atoms with Gasteiger partial charge in [-0.2, -0.15) is 0 Å². The molecule has 0 aliphatic rings. The fraction of sp³-hybridized carbons (Fsp3) is 0.562. The van der Waals surface area contributed by atoms with Gasteiger partial charge in [-0.1, -0.05) is 26.7 Å². The van der Waals surface area contributed by atoms with Crippen LogP contribution in [0.5, 0.6) is 0 Å². The first kappa shape index (κ1) is 13.1. The smallest absolute Gasteiger partial charge is 0.110 e. The zero-order valence-electron chi connectivity index (χ0n) is 12.0. The summed E-state index contributed by atoms with van der Waals surface area (Å²) >= 11 is 0. The molecular formula is C16H24N2. The summed E-state index contributed by atoms with van der Waals surface area (Å²) in [6.07, 6.45) is 4.90. The lowest BCUT2D eigenvalue weighted by Crippen LogP contribution is -2.00. The zero-order valence-corrected chi connectivity index (χ0v) is 12.0. The van der Waals surface area contributed by atoms with E-state index >= 15 is 0 Å². The minimum Gasteiger partial charge on any atom is -0.342 e. The number of H-pyrrole nitrogens is 1. The van der Waals surface area contributed by atoms with Crippen molar-refractivity contribution in [1.82, 2.24) is 9.97 Å². The Morgan fingerprint density at radius 1 is 1.06 bits per heavy atom. The second-order valence-electron chi connectivity index (χ2n) is 5.35. The van der Waals surface area contributed by atoms with Crippen LogP contribution in [0.1, 0.15) is 62.4 Å². The molecule has 1 heterocycles. The van der Waals surface area contributed by atoms with Crippen LogP contribution in [0, 0.1) is 13.8 Å². The van der Waals surface area contributed by atoms with Gasteiger partial charge >= 0.3 is 0 Å². The molecule has 0 bridgehead atoms. The quantitative estimate of drug-likeness (QED) is 0.799. The standard InChI is InChI=1S/C16H24N2/c1-5-7-13(8-6-2)16-17-14-9-11(3)12(4)10-15(14)18-16/h9-10,13H,5-8H2,1-4H3,(H,17,18). The van der Waals surface area contributed by atoms with E-state index in [1.54, 1.807) is 0 Å². The number of aromatic nitrogens is 2. The van der Waals surface area contributed by atoms with Crippen molar-refractivity contribution in [3.05, 3.63) is 29.1 Å². The SMILES string of the molecule is CCCC(CCC)c1nc2cc(C)c(C)cc2[nH]1. The van der Waals surface area contributed by atoms with Gasteiger partial charge in [-0.05, 0) is 49.9 Å². The van der Waals surface area contributed by atoms with Gasteiger partial charge < -0.3 is 4.98 Å². The number of nitrogens with zero attached hydrogens (tertiary/aromatic N) is 1. The Morgan fingerprint density at radius 2 is 1.67 bits per heavy atom. The number of nitrogens with one attached hydrogen (secondary N) is 1. The molecule has 0 aliphatic heterocycles. The largest absolute Gasteiger partial charge is 0.342 e. The van der Waals surface area contributed by atoms with Crippen molar-refractivity contribution in [3.8, 4) is 0 Å². The zero-order chi connectivity index (χ0) is 13.1. The Kier molecular flexibility index (Phi) is 4.05. The molecule has 2 nitrogen and oxygen atoms in total. The Balaban J connectivity index is 2.38. The van der Waals surface area contributed by atoms with E-state index in [1.165, 1.54) is 48.2 Å². The average Bonchev–Trinajstić information content (AvgIpc) is 2.72. The van der Waals surface area contributed by atoms with Crippen LogP contribution in [0.2, 0.25) is 0 Å².